The number of nitrogens with zero attached hydrogens (tertiary/aromatic N) is 1. The number of nitriles is 1. The highest BCUT2D eigenvalue weighted by atomic mass is 14.2. The van der Waals surface area contributed by atoms with Gasteiger partial charge in [0.2, 0.25) is 0 Å². The summed E-state index contributed by atoms with van der Waals surface area (Å²) in [5, 5.41) is 7.96. The lowest BCUT2D eigenvalue weighted by Crippen LogP contribution is -1.57. The van der Waals surface area contributed by atoms with Crippen molar-refractivity contribution in [3.05, 3.63) is 12.2 Å². The quantitative estimate of drug-likeness (QED) is 0.480. The highest BCUT2D eigenvalue weighted by Crippen LogP contribution is 1.85. The van der Waals surface area contributed by atoms with Gasteiger partial charge in [0, 0.05) is 6.08 Å². The van der Waals surface area contributed by atoms with Crippen LogP contribution in [-0.2, 0) is 0 Å². The molecule has 0 N–H and O–H groups in total. The van der Waals surface area contributed by atoms with Crippen LogP contribution in [0.15, 0.2) is 12.2 Å². The lowest BCUT2D eigenvalue weighted by atomic mass is 10.3. The lowest BCUT2D eigenvalue weighted by molar-refractivity contribution is 0.959. The molecule has 0 unspecified atom stereocenters. The molecule has 0 rings (SSSR count). The van der Waals surface area contributed by atoms with E-state index in [1.807, 2.05) is 12.1 Å². The van der Waals surface area contributed by atoms with Crippen LogP contribution in [0.1, 0.15) is 19.8 Å². The van der Waals surface area contributed by atoms with Gasteiger partial charge in [-0.3, -0.25) is 0 Å². The fourth-order valence-electron chi connectivity index (χ4n) is 0.303. The zero-order chi connectivity index (χ0) is 5.54. The summed E-state index contributed by atoms with van der Waals surface area (Å²) < 4.78 is 0. The number of hydrogen-bond acceptors (Lipinski definition) is 1. The minimum atomic E-state index is 1.02. The first-order chi connectivity index (χ1) is 3.41. The van der Waals surface area contributed by atoms with Crippen molar-refractivity contribution in [3.63, 3.8) is 0 Å². The first-order valence-electron chi connectivity index (χ1n) is 2.46. The molecule has 0 heterocycles. The van der Waals surface area contributed by atoms with Crippen LogP contribution in [0.2, 0.25) is 0 Å². The summed E-state index contributed by atoms with van der Waals surface area (Å²) in [5.74, 6) is 0. The van der Waals surface area contributed by atoms with Crippen molar-refractivity contribution in [3.8, 4) is 6.07 Å². The Balaban J connectivity index is 2.97. The SMILES string of the molecule is CCCC=CC#N. The highest BCUT2D eigenvalue weighted by Gasteiger charge is 1.67. The largest absolute Gasteiger partial charge is 0.193 e. The molecule has 0 spiro atoms. The van der Waals surface area contributed by atoms with E-state index in [2.05, 4.69) is 6.92 Å². The predicted octanol–water partition coefficient (Wildman–Crippen LogP) is 1.87. The number of hydrogen-bond donors (Lipinski definition) is 0. The molecule has 0 aromatic carbocycles. The third kappa shape index (κ3) is 5.23. The highest BCUT2D eigenvalue weighted by molar-refractivity contribution is 5.00. The fourth-order valence-corrected chi connectivity index (χ4v) is 0.303. The molecule has 0 aromatic rings. The molecule has 0 saturated carbocycles. The van der Waals surface area contributed by atoms with E-state index in [1.165, 1.54) is 6.08 Å². The minimum Gasteiger partial charge on any atom is -0.193 e. The van der Waals surface area contributed by atoms with E-state index in [4.69, 9.17) is 5.26 Å². The van der Waals surface area contributed by atoms with Gasteiger partial charge in [0.05, 0.1) is 6.07 Å². The molecular formula is C6H9N. The van der Waals surface area contributed by atoms with E-state index in [-0.39, 0.29) is 0 Å². The monoisotopic (exact) mass is 95.1 g/mol. The van der Waals surface area contributed by atoms with Gasteiger partial charge < -0.3 is 0 Å². The zero-order valence-electron chi connectivity index (χ0n) is 4.52. The van der Waals surface area contributed by atoms with Gasteiger partial charge in [0.1, 0.15) is 0 Å². The topological polar surface area (TPSA) is 23.8 Å². The van der Waals surface area contributed by atoms with Gasteiger partial charge in [-0.15, -0.1) is 0 Å². The molecular weight excluding hydrogens is 86.1 g/mol. The third-order valence-corrected chi connectivity index (χ3v) is 0.648. The Bertz CT molecular complexity index is 86.8. The summed E-state index contributed by atoms with van der Waals surface area (Å²) in [6.07, 6.45) is 5.54. The second-order valence-electron chi connectivity index (χ2n) is 1.32. The van der Waals surface area contributed by atoms with Crippen molar-refractivity contribution in [1.29, 1.82) is 5.26 Å². The summed E-state index contributed by atoms with van der Waals surface area (Å²) in [7, 11) is 0. The van der Waals surface area contributed by atoms with Crippen LogP contribution in [-0.4, -0.2) is 0 Å². The van der Waals surface area contributed by atoms with Crippen molar-refractivity contribution < 1.29 is 0 Å². The molecule has 1 nitrogen and oxygen atoms in total. The van der Waals surface area contributed by atoms with Crippen molar-refractivity contribution in [2.24, 2.45) is 0 Å². The van der Waals surface area contributed by atoms with Gasteiger partial charge in [-0.1, -0.05) is 19.4 Å². The van der Waals surface area contributed by atoms with E-state index in [1.54, 1.807) is 0 Å². The first-order valence-corrected chi connectivity index (χ1v) is 2.46. The molecule has 0 fully saturated rings. The van der Waals surface area contributed by atoms with Gasteiger partial charge in [-0.2, -0.15) is 5.26 Å². The first kappa shape index (κ1) is 6.23. The Morgan fingerprint density at radius 3 is 2.86 bits per heavy atom. The maximum Gasteiger partial charge on any atom is 0.0908 e. The van der Waals surface area contributed by atoms with Crippen molar-refractivity contribution in [1.82, 2.24) is 0 Å². The maximum absolute atomic E-state index is 7.96. The van der Waals surface area contributed by atoms with E-state index < -0.39 is 0 Å². The molecule has 0 aliphatic heterocycles. The number of unbranched alkanes of at least 4 members (excludes halogenated alkanes) is 1. The van der Waals surface area contributed by atoms with Crippen molar-refractivity contribution in [2.75, 3.05) is 0 Å². The molecule has 1 heteroatoms. The molecule has 0 aliphatic carbocycles. The van der Waals surface area contributed by atoms with Crippen LogP contribution in [0.4, 0.5) is 0 Å². The van der Waals surface area contributed by atoms with Crippen LogP contribution in [0.3, 0.4) is 0 Å². The molecule has 0 aliphatic rings. The minimum absolute atomic E-state index is 1.02. The average molecular weight is 95.1 g/mol. The summed E-state index contributed by atoms with van der Waals surface area (Å²) in [6, 6.07) is 1.92. The molecule has 0 saturated heterocycles. The van der Waals surface area contributed by atoms with Gasteiger partial charge in [-0.05, 0) is 6.42 Å². The van der Waals surface area contributed by atoms with Crippen LogP contribution < -0.4 is 0 Å². The Morgan fingerprint density at radius 2 is 2.43 bits per heavy atom. The van der Waals surface area contributed by atoms with Crippen LogP contribution in [0.25, 0.3) is 0 Å². The van der Waals surface area contributed by atoms with Crippen LogP contribution >= 0.6 is 0 Å². The molecule has 0 atom stereocenters. The summed E-state index contributed by atoms with van der Waals surface area (Å²) in [5.41, 5.74) is 0. The summed E-state index contributed by atoms with van der Waals surface area (Å²) in [4.78, 5) is 0. The van der Waals surface area contributed by atoms with E-state index in [0.717, 1.165) is 12.8 Å². The normalized spacial score (nSPS) is 9.14. The van der Waals surface area contributed by atoms with Crippen LogP contribution in [0.5, 0.6) is 0 Å². The standard InChI is InChI=1S/C6H9N/c1-2-3-4-5-6-7/h4-5H,2-3H2,1H3. The van der Waals surface area contributed by atoms with E-state index in [0.29, 0.717) is 0 Å². The Labute approximate surface area is 44.3 Å². The molecule has 0 aromatic heterocycles. The second-order valence-corrected chi connectivity index (χ2v) is 1.32. The summed E-state index contributed by atoms with van der Waals surface area (Å²) >= 11 is 0. The van der Waals surface area contributed by atoms with E-state index in [9.17, 15) is 0 Å². The molecule has 0 bridgehead atoms. The zero-order valence-corrected chi connectivity index (χ0v) is 4.52. The van der Waals surface area contributed by atoms with Crippen molar-refractivity contribution >= 4 is 0 Å². The van der Waals surface area contributed by atoms with Gasteiger partial charge in [-0.25, -0.2) is 0 Å². The average Bonchev–Trinajstić information content (AvgIpc) is 1.69. The summed E-state index contributed by atoms with van der Waals surface area (Å²) in [6.45, 7) is 2.09. The Hall–Kier alpha value is -0.770. The predicted molar refractivity (Wildman–Crippen MR) is 29.7 cm³/mol. The lowest BCUT2D eigenvalue weighted by Gasteiger charge is -1.75. The molecule has 7 heavy (non-hydrogen) atoms. The molecule has 0 radical (unpaired) electrons. The number of allylic oxidation sites excluding steroid dienone is 2. The molecule has 0 amide bonds. The van der Waals surface area contributed by atoms with E-state index >= 15 is 0 Å². The van der Waals surface area contributed by atoms with Crippen LogP contribution in [0, 0.1) is 11.3 Å². The van der Waals surface area contributed by atoms with Crippen molar-refractivity contribution in [2.45, 2.75) is 19.8 Å². The number of rotatable bonds is 2. The molecule has 38 valence electrons. The third-order valence-electron chi connectivity index (χ3n) is 0.648. The van der Waals surface area contributed by atoms with Gasteiger partial charge in [0.15, 0.2) is 0 Å². The fraction of sp³-hybridized carbons (Fsp3) is 0.500. The smallest absolute Gasteiger partial charge is 0.0908 e. The second kappa shape index (κ2) is 5.23. The van der Waals surface area contributed by atoms with Gasteiger partial charge in [0.25, 0.3) is 0 Å². The Morgan fingerprint density at radius 1 is 1.71 bits per heavy atom. The van der Waals surface area contributed by atoms with Gasteiger partial charge >= 0.3 is 0 Å². The Kier molecular flexibility index (Phi) is 4.65. The maximum atomic E-state index is 7.96.